The highest BCUT2D eigenvalue weighted by atomic mass is 32.2. The minimum atomic E-state index is -4.14. The predicted molar refractivity (Wildman–Crippen MR) is 105 cm³/mol. The van der Waals surface area contributed by atoms with Crippen LogP contribution in [-0.4, -0.2) is 19.6 Å². The molecule has 140 valence electrons. The van der Waals surface area contributed by atoms with Crippen LogP contribution in [0.1, 0.15) is 23.6 Å². The van der Waals surface area contributed by atoms with E-state index in [2.05, 4.69) is 0 Å². The van der Waals surface area contributed by atoms with Crippen LogP contribution >= 0.6 is 0 Å². The summed E-state index contributed by atoms with van der Waals surface area (Å²) in [4.78, 5) is 0.0463. The molecule has 1 N–H and O–H groups in total. The molecule has 0 aliphatic carbocycles. The molecule has 4 nitrogen and oxygen atoms in total. The highest BCUT2D eigenvalue weighted by molar-refractivity contribution is 7.86. The molecule has 0 radical (unpaired) electrons. The first-order valence-electron chi connectivity index (χ1n) is 8.68. The predicted octanol–water partition coefficient (Wildman–Crippen LogP) is 4.02. The van der Waals surface area contributed by atoms with E-state index >= 15 is 0 Å². The van der Waals surface area contributed by atoms with Crippen molar-refractivity contribution in [1.82, 2.24) is 0 Å². The number of hydrogen-bond donors (Lipinski definition) is 1. The lowest BCUT2D eigenvalue weighted by Gasteiger charge is -2.36. The molecular weight excluding hydrogens is 360 g/mol. The molecule has 0 amide bonds. The van der Waals surface area contributed by atoms with Crippen molar-refractivity contribution in [2.24, 2.45) is 0 Å². The Morgan fingerprint density at radius 3 is 1.67 bits per heavy atom. The normalized spacial score (nSPS) is 13.3. The smallest absolute Gasteiger partial charge is 0.298 e. The van der Waals surface area contributed by atoms with Crippen molar-refractivity contribution in [2.45, 2.75) is 30.4 Å². The third kappa shape index (κ3) is 3.81. The van der Waals surface area contributed by atoms with Gasteiger partial charge in [-0.05, 0) is 37.1 Å². The van der Waals surface area contributed by atoms with Crippen molar-refractivity contribution in [1.29, 1.82) is 0 Å². The van der Waals surface area contributed by atoms with Crippen molar-refractivity contribution >= 4 is 10.1 Å². The fraction of sp³-hybridized carbons (Fsp3) is 0.182. The number of rotatable bonds is 6. The van der Waals surface area contributed by atoms with Gasteiger partial charge in [0.05, 0.1) is 11.0 Å². The van der Waals surface area contributed by atoms with Crippen LogP contribution in [0.5, 0.6) is 0 Å². The van der Waals surface area contributed by atoms with Crippen LogP contribution < -0.4 is 0 Å². The molecule has 3 aromatic carbocycles. The highest BCUT2D eigenvalue weighted by Gasteiger charge is 2.45. The Kier molecular flexibility index (Phi) is 5.46. The van der Waals surface area contributed by atoms with Crippen LogP contribution in [0.15, 0.2) is 89.8 Å². The number of aryl methyl sites for hydroxylation is 1. The Bertz CT molecular complexity index is 940. The number of benzene rings is 3. The maximum Gasteiger partial charge on any atom is 0.298 e. The van der Waals surface area contributed by atoms with Gasteiger partial charge in [0.2, 0.25) is 0 Å². The number of hydrogen-bond acceptors (Lipinski definition) is 4. The summed E-state index contributed by atoms with van der Waals surface area (Å²) in [6, 6.07) is 24.3. The van der Waals surface area contributed by atoms with E-state index in [9.17, 15) is 13.5 Å². The van der Waals surface area contributed by atoms with Gasteiger partial charge in [-0.3, -0.25) is 0 Å². The lowest BCUT2D eigenvalue weighted by molar-refractivity contribution is -0.0144. The summed E-state index contributed by atoms with van der Waals surface area (Å²) in [5.74, 6) is 0. The first-order chi connectivity index (χ1) is 12.9. The summed E-state index contributed by atoms with van der Waals surface area (Å²) >= 11 is 0. The van der Waals surface area contributed by atoms with E-state index in [0.29, 0.717) is 11.1 Å². The molecule has 0 spiro atoms. The quantitative estimate of drug-likeness (QED) is 0.654. The average Bonchev–Trinajstić information content (AvgIpc) is 2.67. The minimum Gasteiger partial charge on any atom is -0.390 e. The second-order valence-electron chi connectivity index (χ2n) is 6.49. The second kappa shape index (κ2) is 7.64. The first-order valence-corrected chi connectivity index (χ1v) is 10.1. The van der Waals surface area contributed by atoms with Gasteiger partial charge in [0, 0.05) is 0 Å². The van der Waals surface area contributed by atoms with Crippen molar-refractivity contribution in [3.05, 3.63) is 102 Å². The van der Waals surface area contributed by atoms with Crippen LogP contribution in [-0.2, 0) is 19.9 Å². The van der Waals surface area contributed by atoms with Crippen LogP contribution in [0.25, 0.3) is 0 Å². The van der Waals surface area contributed by atoms with Crippen LogP contribution in [0.3, 0.4) is 0 Å². The first kappa shape index (κ1) is 19.3. The third-order valence-corrected chi connectivity index (χ3v) is 5.88. The fourth-order valence-corrected chi connectivity index (χ4v) is 4.36. The number of aliphatic hydroxyl groups is 1. The molecule has 0 aromatic heterocycles. The average molecular weight is 382 g/mol. The summed E-state index contributed by atoms with van der Waals surface area (Å²) in [6.45, 7) is 3.41. The van der Waals surface area contributed by atoms with E-state index in [4.69, 9.17) is 4.18 Å². The van der Waals surface area contributed by atoms with Gasteiger partial charge in [0.15, 0.2) is 5.60 Å². The van der Waals surface area contributed by atoms with Crippen LogP contribution in [0.2, 0.25) is 0 Å². The minimum absolute atomic E-state index is 0.0463. The maximum atomic E-state index is 13.1. The fourth-order valence-electron chi connectivity index (χ4n) is 3.11. The molecule has 0 saturated heterocycles. The zero-order chi connectivity index (χ0) is 19.5. The molecule has 0 aliphatic heterocycles. The zero-order valence-corrected chi connectivity index (χ0v) is 16.1. The van der Waals surface area contributed by atoms with Crippen molar-refractivity contribution in [3.63, 3.8) is 0 Å². The lowest BCUT2D eigenvalue weighted by Crippen LogP contribution is -2.43. The van der Waals surface area contributed by atoms with Gasteiger partial charge in [-0.25, -0.2) is 4.18 Å². The van der Waals surface area contributed by atoms with Gasteiger partial charge in [-0.2, -0.15) is 8.42 Å². The van der Waals surface area contributed by atoms with Crippen molar-refractivity contribution < 1.29 is 17.7 Å². The van der Waals surface area contributed by atoms with Gasteiger partial charge >= 0.3 is 0 Å². The molecule has 0 bridgehead atoms. The lowest BCUT2D eigenvalue weighted by atomic mass is 9.82. The van der Waals surface area contributed by atoms with E-state index in [1.165, 1.54) is 19.1 Å². The zero-order valence-electron chi connectivity index (χ0n) is 15.2. The Morgan fingerprint density at radius 1 is 0.815 bits per heavy atom. The summed E-state index contributed by atoms with van der Waals surface area (Å²) in [5.41, 5.74) is 0.498. The van der Waals surface area contributed by atoms with Gasteiger partial charge in [-0.1, -0.05) is 78.4 Å². The Morgan fingerprint density at radius 2 is 1.26 bits per heavy atom. The molecule has 0 heterocycles. The molecule has 27 heavy (non-hydrogen) atoms. The summed E-state index contributed by atoms with van der Waals surface area (Å²) in [7, 11) is -4.14. The standard InChI is InChI=1S/C22H22O4S/c1-17-13-15-21(16-14-17)27(24,25)26-22(18(2)23,19-9-5-3-6-10-19)20-11-7-4-8-12-20/h3-16,18,23H,1-2H3. The second-order valence-corrected chi connectivity index (χ2v) is 8.04. The molecule has 1 unspecified atom stereocenters. The van der Waals surface area contributed by atoms with Gasteiger partial charge < -0.3 is 5.11 Å². The van der Waals surface area contributed by atoms with E-state index in [-0.39, 0.29) is 4.90 Å². The molecule has 1 atom stereocenters. The monoisotopic (exact) mass is 382 g/mol. The van der Waals surface area contributed by atoms with E-state index in [0.717, 1.165) is 5.56 Å². The van der Waals surface area contributed by atoms with E-state index < -0.39 is 21.8 Å². The van der Waals surface area contributed by atoms with Crippen LogP contribution in [0.4, 0.5) is 0 Å². The van der Waals surface area contributed by atoms with E-state index in [1.807, 2.05) is 19.1 Å². The molecule has 0 aliphatic rings. The molecule has 3 rings (SSSR count). The third-order valence-electron chi connectivity index (χ3n) is 4.54. The van der Waals surface area contributed by atoms with Crippen molar-refractivity contribution in [2.75, 3.05) is 0 Å². The van der Waals surface area contributed by atoms with Crippen LogP contribution in [0, 0.1) is 6.92 Å². The Balaban J connectivity index is 2.20. The maximum absolute atomic E-state index is 13.1. The van der Waals surface area contributed by atoms with Crippen molar-refractivity contribution in [3.8, 4) is 0 Å². The SMILES string of the molecule is Cc1ccc(S(=O)(=O)OC(c2ccccc2)(c2ccccc2)C(C)O)cc1. The summed E-state index contributed by atoms with van der Waals surface area (Å²) in [6.07, 6.45) is -1.12. The van der Waals surface area contributed by atoms with E-state index in [1.54, 1.807) is 60.7 Å². The van der Waals surface area contributed by atoms with Gasteiger partial charge in [0.25, 0.3) is 10.1 Å². The molecule has 0 saturated carbocycles. The Hall–Kier alpha value is -2.47. The highest BCUT2D eigenvalue weighted by Crippen LogP contribution is 2.40. The van der Waals surface area contributed by atoms with Gasteiger partial charge in [0.1, 0.15) is 0 Å². The summed E-state index contributed by atoms with van der Waals surface area (Å²) in [5, 5.41) is 10.7. The molecule has 0 fully saturated rings. The molecule has 3 aromatic rings. The largest absolute Gasteiger partial charge is 0.390 e. The molecule has 5 heteroatoms. The number of aliphatic hydroxyl groups excluding tert-OH is 1. The summed E-state index contributed by atoms with van der Waals surface area (Å²) < 4.78 is 32.0. The molecular formula is C22H22O4S. The topological polar surface area (TPSA) is 63.6 Å². The van der Waals surface area contributed by atoms with Gasteiger partial charge in [-0.15, -0.1) is 0 Å². The Labute approximate surface area is 160 Å².